The molecule has 3 atom stereocenters. The van der Waals surface area contributed by atoms with Crippen LogP contribution in [0.2, 0.25) is 0 Å². The number of carboxylic acid groups (broad SMARTS) is 3. The van der Waals surface area contributed by atoms with Crippen LogP contribution < -0.4 is 16.4 Å². The Morgan fingerprint density at radius 1 is 0.867 bits per heavy atom. The molecule has 0 radical (unpaired) electrons. The summed E-state index contributed by atoms with van der Waals surface area (Å²) in [6, 6.07) is 1.23. The van der Waals surface area contributed by atoms with Crippen LogP contribution in [0.15, 0.2) is 24.3 Å². The highest BCUT2D eigenvalue weighted by atomic mass is 16.4. The van der Waals surface area contributed by atoms with Gasteiger partial charge in [0.05, 0.1) is 12.5 Å². The third kappa shape index (κ3) is 8.56. The van der Waals surface area contributed by atoms with Crippen LogP contribution >= 0.6 is 0 Å². The van der Waals surface area contributed by atoms with Crippen LogP contribution in [0.25, 0.3) is 0 Å². The van der Waals surface area contributed by atoms with Gasteiger partial charge in [0.25, 0.3) is 0 Å². The molecule has 0 aromatic heterocycles. The van der Waals surface area contributed by atoms with E-state index in [-0.39, 0.29) is 18.6 Å². The minimum Gasteiger partial charge on any atom is -0.508 e. The number of amides is 2. The molecule has 0 saturated carbocycles. The molecule has 164 valence electrons. The Balaban J connectivity index is 2.85. The zero-order valence-corrected chi connectivity index (χ0v) is 15.8. The quantitative estimate of drug-likeness (QED) is 0.209. The third-order valence-corrected chi connectivity index (χ3v) is 4.01. The molecule has 0 aliphatic carbocycles. The van der Waals surface area contributed by atoms with E-state index in [9.17, 15) is 34.2 Å². The van der Waals surface area contributed by atoms with Crippen molar-refractivity contribution in [2.24, 2.45) is 5.73 Å². The predicted molar refractivity (Wildman–Crippen MR) is 100 cm³/mol. The fourth-order valence-corrected chi connectivity index (χ4v) is 2.41. The Morgan fingerprint density at radius 2 is 1.43 bits per heavy atom. The monoisotopic (exact) mass is 425 g/mol. The summed E-state index contributed by atoms with van der Waals surface area (Å²) < 4.78 is 0. The zero-order chi connectivity index (χ0) is 22.8. The van der Waals surface area contributed by atoms with Crippen LogP contribution in [-0.4, -0.2) is 68.3 Å². The number of nitrogens with two attached hydrogens (primary N) is 1. The fourth-order valence-electron chi connectivity index (χ4n) is 2.41. The molecule has 1 rings (SSSR count). The summed E-state index contributed by atoms with van der Waals surface area (Å²) in [6.45, 7) is 0. The van der Waals surface area contributed by atoms with Crippen LogP contribution in [0, 0.1) is 0 Å². The number of carboxylic acids is 3. The molecule has 0 aliphatic rings. The summed E-state index contributed by atoms with van der Waals surface area (Å²) >= 11 is 0. The highest BCUT2D eigenvalue weighted by molar-refractivity contribution is 5.94. The second-order valence-electron chi connectivity index (χ2n) is 6.47. The van der Waals surface area contributed by atoms with E-state index in [1.54, 1.807) is 0 Å². The van der Waals surface area contributed by atoms with Gasteiger partial charge in [-0.25, -0.2) is 4.79 Å². The van der Waals surface area contributed by atoms with E-state index in [4.69, 9.17) is 15.9 Å². The van der Waals surface area contributed by atoms with Gasteiger partial charge < -0.3 is 36.8 Å². The van der Waals surface area contributed by atoms with E-state index in [2.05, 4.69) is 10.6 Å². The summed E-state index contributed by atoms with van der Waals surface area (Å²) in [7, 11) is 0. The molecule has 1 aromatic carbocycles. The number of benzene rings is 1. The van der Waals surface area contributed by atoms with Crippen molar-refractivity contribution in [3.05, 3.63) is 29.8 Å². The van der Waals surface area contributed by atoms with Crippen LogP contribution in [0.3, 0.4) is 0 Å². The molecule has 12 nitrogen and oxygen atoms in total. The van der Waals surface area contributed by atoms with Crippen LogP contribution in [-0.2, 0) is 30.4 Å². The van der Waals surface area contributed by atoms with E-state index >= 15 is 0 Å². The molecule has 0 fully saturated rings. The van der Waals surface area contributed by atoms with E-state index in [0.717, 1.165) is 0 Å². The first kappa shape index (κ1) is 24.4. The van der Waals surface area contributed by atoms with Gasteiger partial charge in [-0.05, 0) is 24.1 Å². The van der Waals surface area contributed by atoms with Gasteiger partial charge in [-0.1, -0.05) is 12.1 Å². The highest BCUT2D eigenvalue weighted by Gasteiger charge is 2.29. The number of hydrogen-bond donors (Lipinski definition) is 7. The Morgan fingerprint density at radius 3 is 1.93 bits per heavy atom. The first-order valence-electron chi connectivity index (χ1n) is 8.80. The number of rotatable bonds is 12. The third-order valence-electron chi connectivity index (χ3n) is 4.01. The number of aromatic hydroxyl groups is 1. The molecule has 0 spiro atoms. The molecule has 3 unspecified atom stereocenters. The van der Waals surface area contributed by atoms with E-state index in [1.165, 1.54) is 24.3 Å². The van der Waals surface area contributed by atoms with Gasteiger partial charge >= 0.3 is 17.9 Å². The van der Waals surface area contributed by atoms with E-state index in [0.29, 0.717) is 5.56 Å². The van der Waals surface area contributed by atoms with Crippen molar-refractivity contribution in [3.63, 3.8) is 0 Å². The maximum absolute atomic E-state index is 12.4. The van der Waals surface area contributed by atoms with Crippen molar-refractivity contribution in [1.29, 1.82) is 0 Å². The molecule has 2 amide bonds. The maximum Gasteiger partial charge on any atom is 0.326 e. The fraction of sp³-hybridized carbons (Fsp3) is 0.389. The largest absolute Gasteiger partial charge is 0.508 e. The van der Waals surface area contributed by atoms with Crippen molar-refractivity contribution < 1.29 is 44.4 Å². The predicted octanol–water partition coefficient (Wildman–Crippen LogP) is -1.34. The summed E-state index contributed by atoms with van der Waals surface area (Å²) in [6.07, 6.45) is -1.64. The zero-order valence-electron chi connectivity index (χ0n) is 15.8. The number of phenols is 1. The molecule has 12 heteroatoms. The SMILES string of the molecule is NC(CCC(=O)O)C(=O)NC(CC(=O)O)C(=O)NC(Cc1ccc(O)cc1)C(=O)O. The molecular formula is C18H23N3O9. The average molecular weight is 425 g/mol. The lowest BCUT2D eigenvalue weighted by Crippen LogP contribution is -2.55. The van der Waals surface area contributed by atoms with Crippen molar-refractivity contribution in [2.45, 2.75) is 43.8 Å². The lowest BCUT2D eigenvalue weighted by Gasteiger charge is -2.22. The second kappa shape index (κ2) is 11.4. The number of nitrogens with one attached hydrogen (secondary N) is 2. The van der Waals surface area contributed by atoms with Crippen molar-refractivity contribution in [2.75, 3.05) is 0 Å². The number of hydrogen-bond acceptors (Lipinski definition) is 7. The smallest absolute Gasteiger partial charge is 0.326 e. The maximum atomic E-state index is 12.4. The summed E-state index contributed by atoms with van der Waals surface area (Å²) in [5.74, 6) is -6.03. The summed E-state index contributed by atoms with van der Waals surface area (Å²) in [4.78, 5) is 57.6. The molecule has 0 aliphatic heterocycles. The van der Waals surface area contributed by atoms with Gasteiger partial charge in [-0.3, -0.25) is 19.2 Å². The Bertz CT molecular complexity index is 795. The minimum atomic E-state index is -1.62. The van der Waals surface area contributed by atoms with E-state index < -0.39 is 60.7 Å². The van der Waals surface area contributed by atoms with Gasteiger partial charge in [0.15, 0.2) is 0 Å². The van der Waals surface area contributed by atoms with Crippen molar-refractivity contribution in [1.82, 2.24) is 10.6 Å². The van der Waals surface area contributed by atoms with E-state index in [1.807, 2.05) is 0 Å². The Labute approximate surface area is 170 Å². The average Bonchev–Trinajstić information content (AvgIpc) is 2.65. The topological polar surface area (TPSA) is 216 Å². The van der Waals surface area contributed by atoms with Gasteiger partial charge in [-0.15, -0.1) is 0 Å². The van der Waals surface area contributed by atoms with Gasteiger partial charge in [0.1, 0.15) is 17.8 Å². The number of carbonyl (C=O) groups is 5. The number of carbonyl (C=O) groups excluding carboxylic acids is 2. The molecule has 0 bridgehead atoms. The first-order valence-corrected chi connectivity index (χ1v) is 8.80. The molecule has 8 N–H and O–H groups in total. The highest BCUT2D eigenvalue weighted by Crippen LogP contribution is 2.12. The molecule has 30 heavy (non-hydrogen) atoms. The van der Waals surface area contributed by atoms with Crippen molar-refractivity contribution >= 4 is 29.7 Å². The van der Waals surface area contributed by atoms with Gasteiger partial charge in [-0.2, -0.15) is 0 Å². The normalized spacial score (nSPS) is 13.5. The van der Waals surface area contributed by atoms with Gasteiger partial charge in [0.2, 0.25) is 11.8 Å². The molecule has 0 heterocycles. The molecule has 1 aromatic rings. The standard InChI is InChI=1S/C18H23N3O9/c19-11(5-6-14(23)24)16(27)20-12(8-15(25)26)17(28)21-13(18(29)30)7-9-1-3-10(22)4-2-9/h1-4,11-13,22H,5-8,19H2,(H,20,27)(H,21,28)(H,23,24)(H,25,26)(H,29,30). The molecule has 0 saturated heterocycles. The van der Waals surface area contributed by atoms with Crippen molar-refractivity contribution in [3.8, 4) is 5.75 Å². The lowest BCUT2D eigenvalue weighted by atomic mass is 10.0. The minimum absolute atomic E-state index is 0.0295. The molecular weight excluding hydrogens is 402 g/mol. The second-order valence-corrected chi connectivity index (χ2v) is 6.47. The lowest BCUT2D eigenvalue weighted by molar-refractivity contribution is -0.143. The first-order chi connectivity index (χ1) is 14.0. The number of phenolic OH excluding ortho intramolecular Hbond substituents is 1. The number of aliphatic carboxylic acids is 3. The summed E-state index contributed by atoms with van der Waals surface area (Å²) in [5, 5.41) is 40.5. The Kier molecular flexibility index (Phi) is 9.23. The van der Waals surface area contributed by atoms with Gasteiger partial charge in [0, 0.05) is 12.8 Å². The van der Waals surface area contributed by atoms with Crippen LogP contribution in [0.1, 0.15) is 24.8 Å². The van der Waals surface area contributed by atoms with Crippen LogP contribution in [0.5, 0.6) is 5.75 Å². The van der Waals surface area contributed by atoms with Crippen LogP contribution in [0.4, 0.5) is 0 Å². The Hall–Kier alpha value is -3.67. The summed E-state index contributed by atoms with van der Waals surface area (Å²) in [5.41, 5.74) is 6.02.